The Morgan fingerprint density at radius 1 is 0.480 bits per heavy atom. The Bertz CT molecular complexity index is 691. The first kappa shape index (κ1) is 21.9. The molecule has 0 aromatic heterocycles. The van der Waals surface area contributed by atoms with E-state index in [4.69, 9.17) is 0 Å². The van der Waals surface area contributed by atoms with E-state index in [0.717, 1.165) is 16.7 Å². The molecule has 3 nitrogen and oxygen atoms in total. The fourth-order valence-corrected chi connectivity index (χ4v) is 1.66. The molecule has 0 fully saturated rings. The molecule has 3 rings (SSSR count). The van der Waals surface area contributed by atoms with Crippen LogP contribution in [-0.2, 0) is 31.5 Å². The summed E-state index contributed by atoms with van der Waals surface area (Å²) < 4.78 is 0. The molecule has 0 heterocycles. The molecular weight excluding hydrogens is 355 g/mol. The van der Waals surface area contributed by atoms with Gasteiger partial charge < -0.3 is 0 Å². The van der Waals surface area contributed by atoms with E-state index in [-0.39, 0.29) is 17.1 Å². The van der Waals surface area contributed by atoms with Crippen LogP contribution < -0.4 is 0 Å². The van der Waals surface area contributed by atoms with Crippen LogP contribution in [-0.4, -0.2) is 17.8 Å². The first-order chi connectivity index (χ1) is 11.8. The maximum atomic E-state index is 9.69. The van der Waals surface area contributed by atoms with Gasteiger partial charge in [0.25, 0.3) is 0 Å². The third-order valence-electron chi connectivity index (χ3n) is 2.74. The van der Waals surface area contributed by atoms with Gasteiger partial charge in [-0.3, -0.25) is 14.4 Å². The molecule has 3 aromatic carbocycles. The Morgan fingerprint density at radius 2 is 0.680 bits per heavy atom. The minimum absolute atomic E-state index is 0. The van der Waals surface area contributed by atoms with E-state index in [1.54, 1.807) is 17.8 Å². The SMILES string of the molecule is O=C=C[c-]1cccc1.O=C=C[c-]1cccc1.O=C=C[c-]1cccc1.[Mn+3]. The topological polar surface area (TPSA) is 51.2 Å². The van der Waals surface area contributed by atoms with Crippen molar-refractivity contribution in [2.24, 2.45) is 0 Å². The third kappa shape index (κ3) is 10.3. The van der Waals surface area contributed by atoms with Gasteiger partial charge in [-0.2, -0.15) is 36.4 Å². The van der Waals surface area contributed by atoms with E-state index in [1.807, 2.05) is 72.8 Å². The van der Waals surface area contributed by atoms with Crippen LogP contribution in [0.1, 0.15) is 16.7 Å². The standard InChI is InChI=1S/3C7H5O.Mn/c3*8-6-5-7-3-1-2-4-7;/h3*1-5H;/q3*-1;+3. The van der Waals surface area contributed by atoms with Crippen LogP contribution in [0.25, 0.3) is 18.2 Å². The second-order valence-corrected chi connectivity index (χ2v) is 4.44. The fourth-order valence-electron chi connectivity index (χ4n) is 1.66. The molecule has 0 bridgehead atoms. The number of hydrogen-bond donors (Lipinski definition) is 0. The molecule has 3 aromatic rings. The summed E-state index contributed by atoms with van der Waals surface area (Å²) in [7, 11) is 0. The summed E-state index contributed by atoms with van der Waals surface area (Å²) in [6.07, 6.45) is 4.21. The van der Waals surface area contributed by atoms with Crippen LogP contribution in [0, 0.1) is 0 Å². The van der Waals surface area contributed by atoms with Crippen LogP contribution in [0.2, 0.25) is 0 Å². The molecule has 0 saturated heterocycles. The second-order valence-electron chi connectivity index (χ2n) is 4.44. The van der Waals surface area contributed by atoms with Crippen LogP contribution in [0.5, 0.6) is 0 Å². The molecular formula is C21H15MnO3. The molecule has 0 spiro atoms. The zero-order chi connectivity index (χ0) is 17.5. The van der Waals surface area contributed by atoms with Gasteiger partial charge in [-0.05, 0) is 0 Å². The Morgan fingerprint density at radius 3 is 0.840 bits per heavy atom. The van der Waals surface area contributed by atoms with E-state index in [1.165, 1.54) is 18.2 Å². The Labute approximate surface area is 157 Å². The van der Waals surface area contributed by atoms with Gasteiger partial charge >= 0.3 is 17.1 Å². The molecule has 0 saturated carbocycles. The number of hydrogen-bond acceptors (Lipinski definition) is 3. The van der Waals surface area contributed by atoms with Gasteiger partial charge in [0.15, 0.2) is 0 Å². The maximum absolute atomic E-state index is 9.69. The average molecular weight is 370 g/mol. The monoisotopic (exact) mass is 370 g/mol. The molecule has 0 aliphatic heterocycles. The summed E-state index contributed by atoms with van der Waals surface area (Å²) in [6.45, 7) is 0. The van der Waals surface area contributed by atoms with Crippen molar-refractivity contribution in [3.8, 4) is 0 Å². The largest absolute Gasteiger partial charge is 3.00 e. The number of carbonyl (C=O) groups excluding carboxylic acids is 3. The smallest absolute Gasteiger partial charge is 0.300 e. The molecule has 124 valence electrons. The van der Waals surface area contributed by atoms with E-state index in [2.05, 4.69) is 0 Å². The summed E-state index contributed by atoms with van der Waals surface area (Å²) in [6, 6.07) is 22.4. The van der Waals surface area contributed by atoms with Crippen molar-refractivity contribution in [2.45, 2.75) is 0 Å². The normalized spacial score (nSPS) is 7.68. The quantitative estimate of drug-likeness (QED) is 0.401. The Hall–Kier alpha value is -3.08. The molecule has 0 atom stereocenters. The molecule has 0 aliphatic carbocycles. The fraction of sp³-hybridized carbons (Fsp3) is 0. The third-order valence-corrected chi connectivity index (χ3v) is 2.74. The van der Waals surface area contributed by atoms with Crippen molar-refractivity contribution in [3.05, 3.63) is 89.5 Å². The van der Waals surface area contributed by atoms with Crippen molar-refractivity contribution in [3.63, 3.8) is 0 Å². The molecule has 0 aliphatic rings. The second kappa shape index (κ2) is 14.5. The average Bonchev–Trinajstić information content (AvgIpc) is 3.33. The predicted molar refractivity (Wildman–Crippen MR) is 96.6 cm³/mol. The van der Waals surface area contributed by atoms with Crippen LogP contribution in [0.15, 0.2) is 72.8 Å². The summed E-state index contributed by atoms with van der Waals surface area (Å²) in [5.74, 6) is 5.09. The maximum Gasteiger partial charge on any atom is 3.00 e. The van der Waals surface area contributed by atoms with Gasteiger partial charge in [0, 0.05) is 17.8 Å². The summed E-state index contributed by atoms with van der Waals surface area (Å²) in [5, 5.41) is 0. The molecule has 0 unspecified atom stereocenters. The zero-order valence-corrected chi connectivity index (χ0v) is 14.4. The first-order valence-electron chi connectivity index (χ1n) is 7.08. The van der Waals surface area contributed by atoms with Gasteiger partial charge in [-0.1, -0.05) is 18.2 Å². The van der Waals surface area contributed by atoms with Gasteiger partial charge in [-0.25, -0.2) is 0 Å². The van der Waals surface area contributed by atoms with E-state index < -0.39 is 0 Å². The van der Waals surface area contributed by atoms with E-state index >= 15 is 0 Å². The van der Waals surface area contributed by atoms with E-state index in [9.17, 15) is 14.4 Å². The minimum atomic E-state index is 0. The molecule has 25 heavy (non-hydrogen) atoms. The van der Waals surface area contributed by atoms with Gasteiger partial charge in [0.2, 0.25) is 0 Å². The van der Waals surface area contributed by atoms with Crippen LogP contribution in [0.3, 0.4) is 0 Å². The van der Waals surface area contributed by atoms with E-state index in [0.29, 0.717) is 0 Å². The summed E-state index contributed by atoms with van der Waals surface area (Å²) >= 11 is 0. The molecule has 0 amide bonds. The Kier molecular flexibility index (Phi) is 12.7. The van der Waals surface area contributed by atoms with Crippen molar-refractivity contribution >= 4 is 36.1 Å². The zero-order valence-electron chi connectivity index (χ0n) is 13.3. The first-order valence-corrected chi connectivity index (χ1v) is 7.08. The summed E-state index contributed by atoms with van der Waals surface area (Å²) in [4.78, 5) is 29.1. The van der Waals surface area contributed by atoms with Crippen molar-refractivity contribution in [1.82, 2.24) is 0 Å². The van der Waals surface area contributed by atoms with Crippen molar-refractivity contribution < 1.29 is 31.5 Å². The van der Waals surface area contributed by atoms with Gasteiger partial charge in [0.05, 0.1) is 0 Å². The minimum Gasteiger partial charge on any atom is -0.300 e. The van der Waals surface area contributed by atoms with Crippen LogP contribution in [0.4, 0.5) is 0 Å². The van der Waals surface area contributed by atoms with Gasteiger partial charge in [-0.15, -0.1) is 53.1 Å². The van der Waals surface area contributed by atoms with Crippen molar-refractivity contribution in [2.75, 3.05) is 0 Å². The predicted octanol–water partition coefficient (Wildman–Crippen LogP) is 3.75. The Balaban J connectivity index is 0.000000339. The molecule has 4 heteroatoms. The van der Waals surface area contributed by atoms with Crippen LogP contribution >= 0.6 is 0 Å². The van der Waals surface area contributed by atoms with Crippen molar-refractivity contribution in [1.29, 1.82) is 0 Å². The molecule has 0 N–H and O–H groups in total. The van der Waals surface area contributed by atoms with Gasteiger partial charge in [0.1, 0.15) is 0 Å². The number of rotatable bonds is 3. The molecule has 0 radical (unpaired) electrons. The summed E-state index contributed by atoms with van der Waals surface area (Å²) in [5.41, 5.74) is 2.75.